The Bertz CT molecular complexity index is 227. The fourth-order valence-corrected chi connectivity index (χ4v) is 1.93. The van der Waals surface area contributed by atoms with E-state index in [1.807, 2.05) is 0 Å². The summed E-state index contributed by atoms with van der Waals surface area (Å²) >= 11 is 34.7. The van der Waals surface area contributed by atoms with E-state index in [0.29, 0.717) is 0 Å². The lowest BCUT2D eigenvalue weighted by Gasteiger charge is -2.36. The fourth-order valence-electron chi connectivity index (χ4n) is 0.724. The van der Waals surface area contributed by atoms with E-state index in [9.17, 15) is 0 Å². The lowest BCUT2D eigenvalue weighted by Crippen LogP contribution is -2.48. The molecule has 0 N–H and O–H groups in total. The van der Waals surface area contributed by atoms with Gasteiger partial charge in [0.05, 0.1) is 0 Å². The zero-order chi connectivity index (χ0) is 10.3. The van der Waals surface area contributed by atoms with Crippen molar-refractivity contribution in [1.29, 1.82) is 0 Å². The smallest absolute Gasteiger partial charge is 0.205 e. The average Bonchev–Trinajstić information content (AvgIpc) is 2.05. The van der Waals surface area contributed by atoms with Gasteiger partial charge in [0.25, 0.3) is 0 Å². The molecule has 0 fully saturated rings. The van der Waals surface area contributed by atoms with Crippen molar-refractivity contribution in [3.8, 4) is 0 Å². The number of allylic oxidation sites excluding steroid dienone is 1. The minimum atomic E-state index is -1.71. The van der Waals surface area contributed by atoms with Gasteiger partial charge in [0, 0.05) is 36.2 Å². The van der Waals surface area contributed by atoms with E-state index in [2.05, 4.69) is 0 Å². The Morgan fingerprint density at radius 1 is 1.08 bits per heavy atom. The Labute approximate surface area is 106 Å². The van der Waals surface area contributed by atoms with Crippen LogP contribution in [0.15, 0.2) is 12.3 Å². The fraction of sp³-hybridized carbons (Fsp3) is 0.600. The van der Waals surface area contributed by atoms with Gasteiger partial charge in [0.1, 0.15) is 0 Å². The van der Waals surface area contributed by atoms with Gasteiger partial charge in [-0.2, -0.15) is 0 Å². The van der Waals surface area contributed by atoms with Crippen LogP contribution in [0.3, 0.4) is 0 Å². The van der Waals surface area contributed by atoms with E-state index in [0.717, 1.165) is 9.06 Å². The molecule has 1 aliphatic heterocycles. The summed E-state index contributed by atoms with van der Waals surface area (Å²) in [6.45, 7) is 0. The predicted octanol–water partition coefficient (Wildman–Crippen LogP) is 4.04. The van der Waals surface area contributed by atoms with Crippen LogP contribution in [0, 0.1) is 0 Å². The Hall–Kier alpha value is 1.24. The molecule has 76 valence electrons. The minimum absolute atomic E-state index is 0.232. The molecule has 0 radical (unpaired) electrons. The van der Waals surface area contributed by atoms with Gasteiger partial charge in [0.15, 0.2) is 4.33 Å². The zero-order valence-corrected chi connectivity index (χ0v) is 10.6. The molecule has 0 bridgehead atoms. The van der Waals surface area contributed by atoms with Crippen LogP contribution >= 0.6 is 70.0 Å². The molecule has 2 nitrogen and oxygen atoms in total. The highest BCUT2D eigenvalue weighted by atomic mass is 35.5. The second-order valence-electron chi connectivity index (χ2n) is 2.38. The first-order valence-corrected chi connectivity index (χ1v) is 5.31. The van der Waals surface area contributed by atoms with E-state index >= 15 is 0 Å². The topological polar surface area (TPSA) is 6.48 Å². The van der Waals surface area contributed by atoms with E-state index in [1.54, 1.807) is 6.08 Å². The van der Waals surface area contributed by atoms with Crippen molar-refractivity contribution in [2.75, 3.05) is 0 Å². The first-order valence-electron chi connectivity index (χ1n) is 3.12. The maximum Gasteiger partial charge on any atom is 0.236 e. The summed E-state index contributed by atoms with van der Waals surface area (Å²) in [6, 6.07) is 0. The third-order valence-electron chi connectivity index (χ3n) is 1.44. The molecule has 0 aromatic heterocycles. The maximum atomic E-state index is 5.87. The third-order valence-corrected chi connectivity index (χ3v) is 4.58. The number of hydrazine groups is 1. The molecular formula is C5H4Cl6N2. The number of halogens is 6. The molecule has 1 heterocycles. The van der Waals surface area contributed by atoms with Crippen molar-refractivity contribution in [1.82, 2.24) is 9.06 Å². The summed E-state index contributed by atoms with van der Waals surface area (Å²) in [4.78, 5) is 0. The Morgan fingerprint density at radius 2 is 1.62 bits per heavy atom. The SMILES string of the molecule is ClN1C=CCC(Cl)(Cl)C(Cl)(Cl)N1Cl. The van der Waals surface area contributed by atoms with Crippen LogP contribution in [0.1, 0.15) is 6.42 Å². The van der Waals surface area contributed by atoms with Crippen molar-refractivity contribution >= 4 is 70.0 Å². The van der Waals surface area contributed by atoms with Crippen LogP contribution in [0.4, 0.5) is 0 Å². The molecule has 0 aliphatic carbocycles. The highest BCUT2D eigenvalue weighted by Crippen LogP contribution is 2.50. The second kappa shape index (κ2) is 4.01. The van der Waals surface area contributed by atoms with Gasteiger partial charge in [0.2, 0.25) is 4.46 Å². The molecule has 0 saturated heterocycles. The zero-order valence-electron chi connectivity index (χ0n) is 6.02. The van der Waals surface area contributed by atoms with Gasteiger partial charge < -0.3 is 0 Å². The third kappa shape index (κ3) is 2.25. The summed E-state index contributed by atoms with van der Waals surface area (Å²) in [6.07, 6.45) is 3.28. The number of alkyl halides is 4. The van der Waals surface area contributed by atoms with E-state index in [4.69, 9.17) is 70.0 Å². The maximum absolute atomic E-state index is 5.87. The molecule has 13 heavy (non-hydrogen) atoms. The first-order chi connectivity index (χ1) is 5.79. The number of hydrogen-bond acceptors (Lipinski definition) is 2. The standard InChI is InChI=1S/C5H4Cl6N2/c6-4(7)2-1-3-12(10)13(11)5(4,8)9/h1,3H,2H2. The van der Waals surface area contributed by atoms with Crippen LogP contribution < -0.4 is 0 Å². The number of hydrogen-bond donors (Lipinski definition) is 0. The monoisotopic (exact) mass is 302 g/mol. The number of nitrogens with zero attached hydrogens (tertiary/aromatic N) is 2. The molecule has 0 amide bonds. The summed E-state index contributed by atoms with van der Waals surface area (Å²) < 4.78 is -1.36. The molecule has 8 heteroatoms. The average molecular weight is 305 g/mol. The first kappa shape index (κ1) is 12.3. The van der Waals surface area contributed by atoms with E-state index in [1.165, 1.54) is 6.20 Å². The van der Waals surface area contributed by atoms with E-state index < -0.39 is 8.79 Å². The normalized spacial score (nSPS) is 27.4. The highest BCUT2D eigenvalue weighted by molar-refractivity contribution is 6.63. The lowest BCUT2D eigenvalue weighted by molar-refractivity contribution is 0.191. The quantitative estimate of drug-likeness (QED) is 0.379. The summed E-state index contributed by atoms with van der Waals surface area (Å²) in [5.74, 6) is 0. The van der Waals surface area contributed by atoms with Gasteiger partial charge in [-0.15, -0.1) is 0 Å². The Kier molecular flexibility index (Phi) is 3.80. The summed E-state index contributed by atoms with van der Waals surface area (Å²) in [7, 11) is 0. The van der Waals surface area contributed by atoms with Crippen molar-refractivity contribution in [2.45, 2.75) is 15.2 Å². The molecular weight excluding hydrogens is 301 g/mol. The second-order valence-corrected chi connectivity index (χ2v) is 5.82. The number of rotatable bonds is 0. The van der Waals surface area contributed by atoms with Gasteiger partial charge in [-0.25, -0.2) is 4.53 Å². The van der Waals surface area contributed by atoms with Crippen LogP contribution in [0.25, 0.3) is 0 Å². The van der Waals surface area contributed by atoms with Gasteiger partial charge in [-0.05, 0) is 0 Å². The largest absolute Gasteiger partial charge is 0.236 e. The summed E-state index contributed by atoms with van der Waals surface area (Å²) in [5, 5.41) is 0. The summed E-state index contributed by atoms with van der Waals surface area (Å²) in [5.41, 5.74) is 0. The van der Waals surface area contributed by atoms with E-state index in [-0.39, 0.29) is 6.42 Å². The molecule has 0 unspecified atom stereocenters. The van der Waals surface area contributed by atoms with Crippen LogP contribution in [0.5, 0.6) is 0 Å². The molecule has 0 aromatic rings. The van der Waals surface area contributed by atoms with Crippen LogP contribution in [-0.2, 0) is 0 Å². The van der Waals surface area contributed by atoms with Gasteiger partial charge >= 0.3 is 0 Å². The molecule has 1 rings (SSSR count). The molecule has 0 saturated carbocycles. The molecule has 0 spiro atoms. The molecule has 1 aliphatic rings. The molecule has 0 aromatic carbocycles. The van der Waals surface area contributed by atoms with Gasteiger partial charge in [-0.1, -0.05) is 57.0 Å². The Morgan fingerprint density at radius 3 is 2.15 bits per heavy atom. The minimum Gasteiger partial charge on any atom is -0.205 e. The van der Waals surface area contributed by atoms with Crippen molar-refractivity contribution in [3.63, 3.8) is 0 Å². The lowest BCUT2D eigenvalue weighted by atomic mass is 10.3. The van der Waals surface area contributed by atoms with Crippen LogP contribution in [0.2, 0.25) is 0 Å². The van der Waals surface area contributed by atoms with Crippen LogP contribution in [-0.4, -0.2) is 17.8 Å². The van der Waals surface area contributed by atoms with Crippen molar-refractivity contribution in [2.24, 2.45) is 0 Å². The molecule has 0 atom stereocenters. The van der Waals surface area contributed by atoms with Crippen molar-refractivity contribution < 1.29 is 0 Å². The van der Waals surface area contributed by atoms with Gasteiger partial charge in [-0.3, -0.25) is 0 Å². The Balaban J connectivity index is 3.02. The predicted molar refractivity (Wildman–Crippen MR) is 58.0 cm³/mol. The highest BCUT2D eigenvalue weighted by Gasteiger charge is 2.53. The van der Waals surface area contributed by atoms with Crippen molar-refractivity contribution in [3.05, 3.63) is 12.3 Å².